The minimum Gasteiger partial charge on any atom is -0.392 e. The highest BCUT2D eigenvalue weighted by Crippen LogP contribution is 2.28. The SMILES string of the molecule is CCC(N)C(c1cccc(C)c1)N1CCCC(O)C1. The van der Waals surface area contributed by atoms with Gasteiger partial charge in [-0.2, -0.15) is 0 Å². The molecule has 3 nitrogen and oxygen atoms in total. The predicted octanol–water partition coefficient (Wildman–Crippen LogP) is 2.23. The van der Waals surface area contributed by atoms with Gasteiger partial charge in [0.25, 0.3) is 0 Å². The Hall–Kier alpha value is -0.900. The summed E-state index contributed by atoms with van der Waals surface area (Å²) in [6, 6.07) is 8.94. The van der Waals surface area contributed by atoms with Crippen molar-refractivity contribution >= 4 is 0 Å². The summed E-state index contributed by atoms with van der Waals surface area (Å²) < 4.78 is 0. The maximum atomic E-state index is 9.90. The average molecular weight is 262 g/mol. The summed E-state index contributed by atoms with van der Waals surface area (Å²) in [4.78, 5) is 2.36. The van der Waals surface area contributed by atoms with Crippen LogP contribution in [0.5, 0.6) is 0 Å². The molecule has 3 N–H and O–H groups in total. The van der Waals surface area contributed by atoms with Crippen LogP contribution in [0.1, 0.15) is 43.4 Å². The van der Waals surface area contributed by atoms with Gasteiger partial charge >= 0.3 is 0 Å². The van der Waals surface area contributed by atoms with Crippen molar-refractivity contribution in [1.29, 1.82) is 0 Å². The molecule has 1 aromatic rings. The number of aryl methyl sites for hydroxylation is 1. The molecule has 0 aliphatic carbocycles. The summed E-state index contributed by atoms with van der Waals surface area (Å²) in [6.07, 6.45) is 2.72. The van der Waals surface area contributed by atoms with Crippen molar-refractivity contribution in [1.82, 2.24) is 4.90 Å². The van der Waals surface area contributed by atoms with E-state index in [2.05, 4.69) is 43.0 Å². The lowest BCUT2D eigenvalue weighted by Crippen LogP contribution is -2.47. The van der Waals surface area contributed by atoms with Crippen LogP contribution in [0.2, 0.25) is 0 Å². The zero-order valence-electron chi connectivity index (χ0n) is 12.0. The molecule has 0 aromatic heterocycles. The minimum atomic E-state index is -0.204. The normalized spacial score (nSPS) is 24.1. The molecule has 1 fully saturated rings. The van der Waals surface area contributed by atoms with E-state index in [9.17, 15) is 5.11 Å². The number of aliphatic hydroxyl groups is 1. The van der Waals surface area contributed by atoms with E-state index >= 15 is 0 Å². The molecular formula is C16H26N2O. The van der Waals surface area contributed by atoms with Crippen molar-refractivity contribution in [2.24, 2.45) is 5.73 Å². The van der Waals surface area contributed by atoms with Crippen molar-refractivity contribution in [3.63, 3.8) is 0 Å². The van der Waals surface area contributed by atoms with Crippen LogP contribution >= 0.6 is 0 Å². The summed E-state index contributed by atoms with van der Waals surface area (Å²) >= 11 is 0. The third kappa shape index (κ3) is 3.56. The summed E-state index contributed by atoms with van der Waals surface area (Å²) in [7, 11) is 0. The fourth-order valence-corrected chi connectivity index (χ4v) is 3.04. The zero-order valence-corrected chi connectivity index (χ0v) is 12.0. The summed E-state index contributed by atoms with van der Waals surface area (Å²) in [5, 5.41) is 9.90. The van der Waals surface area contributed by atoms with Crippen LogP contribution in [0, 0.1) is 6.92 Å². The number of piperidine rings is 1. The molecule has 2 rings (SSSR count). The van der Waals surface area contributed by atoms with E-state index in [1.54, 1.807) is 0 Å². The van der Waals surface area contributed by atoms with Crippen LogP contribution in [-0.2, 0) is 0 Å². The van der Waals surface area contributed by atoms with E-state index in [0.717, 1.165) is 32.4 Å². The number of rotatable bonds is 4. The molecule has 1 aliphatic rings. The molecule has 3 heteroatoms. The van der Waals surface area contributed by atoms with Crippen LogP contribution < -0.4 is 5.73 Å². The van der Waals surface area contributed by atoms with Gasteiger partial charge in [-0.3, -0.25) is 4.90 Å². The molecule has 3 unspecified atom stereocenters. The highest BCUT2D eigenvalue weighted by Gasteiger charge is 2.29. The molecule has 19 heavy (non-hydrogen) atoms. The van der Waals surface area contributed by atoms with Gasteiger partial charge in [0.2, 0.25) is 0 Å². The number of benzene rings is 1. The van der Waals surface area contributed by atoms with Gasteiger partial charge in [0, 0.05) is 18.6 Å². The molecule has 1 saturated heterocycles. The first-order chi connectivity index (χ1) is 9.11. The van der Waals surface area contributed by atoms with Gasteiger partial charge in [-0.05, 0) is 38.3 Å². The lowest BCUT2D eigenvalue weighted by atomic mass is 9.93. The maximum absolute atomic E-state index is 9.90. The van der Waals surface area contributed by atoms with E-state index in [0.29, 0.717) is 0 Å². The number of β-amino-alcohol motifs (C(OH)–C–C–N with tert-alkyl or cyclic N) is 1. The highest BCUT2D eigenvalue weighted by molar-refractivity contribution is 5.26. The number of hydrogen-bond acceptors (Lipinski definition) is 3. The van der Waals surface area contributed by atoms with Gasteiger partial charge in [-0.15, -0.1) is 0 Å². The summed E-state index contributed by atoms with van der Waals surface area (Å²) in [5.41, 5.74) is 8.90. The molecule has 106 valence electrons. The lowest BCUT2D eigenvalue weighted by molar-refractivity contribution is 0.0385. The minimum absolute atomic E-state index is 0.118. The Morgan fingerprint density at radius 3 is 2.89 bits per heavy atom. The second-order valence-electron chi connectivity index (χ2n) is 5.72. The second-order valence-corrected chi connectivity index (χ2v) is 5.72. The van der Waals surface area contributed by atoms with Crippen molar-refractivity contribution in [3.05, 3.63) is 35.4 Å². The first-order valence-electron chi connectivity index (χ1n) is 7.36. The molecule has 1 aliphatic heterocycles. The number of nitrogens with zero attached hydrogens (tertiary/aromatic N) is 1. The van der Waals surface area contributed by atoms with Crippen molar-refractivity contribution in [2.75, 3.05) is 13.1 Å². The maximum Gasteiger partial charge on any atom is 0.0667 e. The van der Waals surface area contributed by atoms with Crippen molar-refractivity contribution < 1.29 is 5.11 Å². The zero-order chi connectivity index (χ0) is 13.8. The number of likely N-dealkylation sites (tertiary alicyclic amines) is 1. The van der Waals surface area contributed by atoms with E-state index in [1.165, 1.54) is 11.1 Å². The standard InChI is InChI=1S/C16H26N2O/c1-3-15(17)16(13-7-4-6-12(2)10-13)18-9-5-8-14(19)11-18/h4,6-7,10,14-16,19H,3,5,8-9,11,17H2,1-2H3. The van der Waals surface area contributed by atoms with Crippen LogP contribution in [0.15, 0.2) is 24.3 Å². The molecule has 0 saturated carbocycles. The van der Waals surface area contributed by atoms with Crippen molar-refractivity contribution in [3.8, 4) is 0 Å². The molecule has 0 bridgehead atoms. The molecule has 1 aromatic carbocycles. The average Bonchev–Trinajstić information content (AvgIpc) is 2.39. The van der Waals surface area contributed by atoms with Crippen LogP contribution in [0.3, 0.4) is 0 Å². The molecule has 0 radical (unpaired) electrons. The first-order valence-corrected chi connectivity index (χ1v) is 7.36. The second kappa shape index (κ2) is 6.51. The smallest absolute Gasteiger partial charge is 0.0667 e. The van der Waals surface area contributed by atoms with Gasteiger partial charge in [-0.25, -0.2) is 0 Å². The number of hydrogen-bond donors (Lipinski definition) is 2. The van der Waals surface area contributed by atoms with Gasteiger partial charge in [-0.1, -0.05) is 36.8 Å². The third-order valence-corrected chi connectivity index (χ3v) is 4.08. The molecule has 0 amide bonds. The number of nitrogens with two attached hydrogens (primary N) is 1. The predicted molar refractivity (Wildman–Crippen MR) is 79.0 cm³/mol. The lowest BCUT2D eigenvalue weighted by Gasteiger charge is -2.39. The highest BCUT2D eigenvalue weighted by atomic mass is 16.3. The Balaban J connectivity index is 2.25. The third-order valence-electron chi connectivity index (χ3n) is 4.08. The van der Waals surface area contributed by atoms with E-state index in [-0.39, 0.29) is 18.2 Å². The quantitative estimate of drug-likeness (QED) is 0.875. The Morgan fingerprint density at radius 1 is 1.47 bits per heavy atom. The Labute approximate surface area is 116 Å². The molecule has 3 atom stereocenters. The molecular weight excluding hydrogens is 236 g/mol. The summed E-state index contributed by atoms with van der Waals surface area (Å²) in [5.74, 6) is 0. The fraction of sp³-hybridized carbons (Fsp3) is 0.625. The first kappa shape index (κ1) is 14.5. The van der Waals surface area contributed by atoms with Gasteiger partial charge in [0.05, 0.1) is 6.10 Å². The monoisotopic (exact) mass is 262 g/mol. The van der Waals surface area contributed by atoms with Gasteiger partial charge < -0.3 is 10.8 Å². The topological polar surface area (TPSA) is 49.5 Å². The Kier molecular flexibility index (Phi) is 4.97. The van der Waals surface area contributed by atoms with Gasteiger partial charge in [0.1, 0.15) is 0 Å². The van der Waals surface area contributed by atoms with E-state index in [4.69, 9.17) is 5.73 Å². The van der Waals surface area contributed by atoms with Crippen LogP contribution in [0.25, 0.3) is 0 Å². The Morgan fingerprint density at radius 2 is 2.26 bits per heavy atom. The molecule has 0 spiro atoms. The molecule has 1 heterocycles. The number of aliphatic hydroxyl groups excluding tert-OH is 1. The van der Waals surface area contributed by atoms with Crippen LogP contribution in [0.4, 0.5) is 0 Å². The van der Waals surface area contributed by atoms with Crippen LogP contribution in [-0.4, -0.2) is 35.2 Å². The van der Waals surface area contributed by atoms with E-state index in [1.807, 2.05) is 0 Å². The Bertz CT molecular complexity index is 407. The van der Waals surface area contributed by atoms with Crippen molar-refractivity contribution in [2.45, 2.75) is 51.3 Å². The van der Waals surface area contributed by atoms with E-state index < -0.39 is 0 Å². The largest absolute Gasteiger partial charge is 0.392 e. The fourth-order valence-electron chi connectivity index (χ4n) is 3.04. The summed E-state index contributed by atoms with van der Waals surface area (Å²) in [6.45, 7) is 6.02. The van der Waals surface area contributed by atoms with Gasteiger partial charge in [0.15, 0.2) is 0 Å².